The lowest BCUT2D eigenvalue weighted by Crippen LogP contribution is -2.66. The first-order valence-corrected chi connectivity index (χ1v) is 39.5. The molecule has 111 heavy (non-hydrogen) atoms. The summed E-state index contributed by atoms with van der Waals surface area (Å²) in [5.74, 6) is -2.11. The number of aliphatic hydroxyl groups is 3. The molecule has 3 aromatic carbocycles. The lowest BCUT2D eigenvalue weighted by molar-refractivity contribution is -0.193. The smallest absolute Gasteiger partial charge is 0.490 e. The second kappa shape index (κ2) is 40.7. The first-order valence-electron chi connectivity index (χ1n) is 35.7. The third-order valence-corrected chi connectivity index (χ3v) is 21.4. The van der Waals surface area contributed by atoms with Gasteiger partial charge in [0, 0.05) is 109 Å². The quantitative estimate of drug-likeness (QED) is 0.0290. The molecule has 0 saturated carbocycles. The molecule has 0 radical (unpaired) electrons. The van der Waals surface area contributed by atoms with Crippen LogP contribution in [-0.4, -0.2) is 261 Å². The standard InChI is InChI=1S/C25H34N6O5S.C17H19ClN4O4S.C11H11NO3.C8H16N2O.C5H11NO.2C2HF3O2/c1-4-6-20-22-23(29(3)28-20)25(33)27-24(26-22)19-11-18(7-8-21(19)36-5-2)37(34,35)31-14-17(15-31)30-12-16(13-30)9-10-32;1-4-6-12-14-15(22(3)21-12)17(23)20-16(19-14)11-9-10(27(18,24)25)7-8-13(11)26-5-2;13-10-6-12(7-10)11(14)15-8-9-4-2-1-3-5-9;11-2-1-7-5-10(6-7)8-3-9-4-8;7-2-1-5-3-6-4-5;2*3-2(4,5)1(6)7/h7-8,11,16-17,32H,4-6,9-10,12-15H2,1-3H3,(H,26,27,33);7-9H,4-6H2,1-3H3,(H,19,20,23);1-5H,6-8H2;7-9,11H,1-6H2;5-7H,1-4H2;2*(H,6,7). The number of hydrogen-bond donors (Lipinski definition) is 9. The van der Waals surface area contributed by atoms with E-state index >= 15 is 0 Å². The van der Waals surface area contributed by atoms with E-state index in [2.05, 4.69) is 45.6 Å². The zero-order valence-corrected chi connectivity index (χ0v) is 64.3. The number of ketones is 1. The van der Waals surface area contributed by atoms with Gasteiger partial charge < -0.3 is 60.3 Å². The molecule has 0 aliphatic carbocycles. The van der Waals surface area contributed by atoms with Gasteiger partial charge in [-0.05, 0) is 119 Å². The number of halogens is 7. The van der Waals surface area contributed by atoms with Gasteiger partial charge in [-0.15, -0.1) is 0 Å². The number of carboxylic acids is 2. The SMILES string of the molecule is CCCc1nn(C)c2c(=O)[nH]c(-c3cc(S(=O)(=O)Cl)ccc3OCC)nc12.CCCc1nn(C)c2c(=O)[nH]c(-c3cc(S(=O)(=O)N4CC(N5CC(CCO)C5)C4)ccc3OCC)nc12.O=C(O)C(F)(F)F.O=C(O)C(F)(F)F.O=C1CN(C(=O)OCc2ccccc2)C1.OCCC1CN(C2CNC2)C1.OCCC1CNC1. The molecule has 13 rings (SSSR count). The Morgan fingerprint density at radius 2 is 1.00 bits per heavy atom. The van der Waals surface area contributed by atoms with Gasteiger partial charge >= 0.3 is 30.4 Å². The second-order valence-corrected chi connectivity index (χ2v) is 31.0. The van der Waals surface area contributed by atoms with Crippen molar-refractivity contribution < 1.29 is 102 Å². The van der Waals surface area contributed by atoms with Gasteiger partial charge in [-0.2, -0.15) is 40.8 Å². The Labute approximate surface area is 639 Å². The third kappa shape index (κ3) is 24.6. The van der Waals surface area contributed by atoms with Crippen molar-refractivity contribution in [3.05, 3.63) is 104 Å². The Morgan fingerprint density at radius 3 is 1.36 bits per heavy atom. The fourth-order valence-corrected chi connectivity index (χ4v) is 14.3. The number of carboxylic acid groups (broad SMARTS) is 2. The molecule has 6 saturated heterocycles. The van der Waals surface area contributed by atoms with Crippen molar-refractivity contribution in [2.75, 3.05) is 112 Å². The van der Waals surface area contributed by atoms with E-state index in [1.54, 1.807) is 33.2 Å². The summed E-state index contributed by atoms with van der Waals surface area (Å²) in [6.07, 6.45) is -4.77. The van der Waals surface area contributed by atoms with Crippen molar-refractivity contribution in [1.82, 2.24) is 69.1 Å². The van der Waals surface area contributed by atoms with E-state index in [0.717, 1.165) is 87.4 Å². The summed E-state index contributed by atoms with van der Waals surface area (Å²) in [4.78, 5) is 86.3. The number of benzene rings is 3. The molecule has 0 atom stereocenters. The molecule has 9 N–H and O–H groups in total. The average molecular weight is 1630 g/mol. The number of carbonyl (C=O) groups excluding carboxylic acids is 2. The Kier molecular flexibility index (Phi) is 32.8. The average Bonchev–Trinajstić information content (AvgIpc) is 1.74. The van der Waals surface area contributed by atoms with Crippen LogP contribution in [-0.2, 0) is 71.7 Å². The molecule has 0 unspecified atom stereocenters. The molecule has 6 aliphatic rings. The van der Waals surface area contributed by atoms with Crippen LogP contribution >= 0.6 is 10.7 Å². The molecule has 41 heteroatoms. The highest BCUT2D eigenvalue weighted by molar-refractivity contribution is 8.13. The zero-order valence-electron chi connectivity index (χ0n) is 61.9. The molecule has 6 aliphatic heterocycles. The Balaban J connectivity index is 0.000000200. The number of amides is 1. The monoisotopic (exact) mass is 1630 g/mol. The summed E-state index contributed by atoms with van der Waals surface area (Å²) in [6, 6.07) is 19.3. The van der Waals surface area contributed by atoms with Crippen LogP contribution in [0.5, 0.6) is 11.5 Å². The number of aromatic nitrogens is 8. The van der Waals surface area contributed by atoms with Gasteiger partial charge in [-0.1, -0.05) is 57.0 Å². The first kappa shape index (κ1) is 89.5. The van der Waals surface area contributed by atoms with Crippen LogP contribution in [0.1, 0.15) is 76.8 Å². The van der Waals surface area contributed by atoms with Crippen LogP contribution in [0.4, 0.5) is 31.1 Å². The number of alkyl halides is 6. The van der Waals surface area contributed by atoms with Gasteiger partial charge in [-0.25, -0.2) is 41.2 Å². The Hall–Kier alpha value is -8.71. The number of aliphatic hydroxyl groups excluding tert-OH is 3. The fourth-order valence-electron chi connectivity index (χ4n) is 11.9. The number of aromatic amines is 2. The highest BCUT2D eigenvalue weighted by Crippen LogP contribution is 2.36. The minimum Gasteiger partial charge on any atom is -0.493 e. The summed E-state index contributed by atoms with van der Waals surface area (Å²) in [7, 11) is 1.19. The fraction of sp³-hybridized carbons (Fsp3) is 0.543. The van der Waals surface area contributed by atoms with Gasteiger partial charge in [0.15, 0.2) is 16.8 Å². The Bertz CT molecular complexity index is 4610. The predicted molar refractivity (Wildman–Crippen MR) is 394 cm³/mol. The summed E-state index contributed by atoms with van der Waals surface area (Å²) in [5.41, 5.74) is 4.17. The van der Waals surface area contributed by atoms with Crippen molar-refractivity contribution in [2.24, 2.45) is 31.8 Å². The van der Waals surface area contributed by atoms with Crippen LogP contribution in [0.3, 0.4) is 0 Å². The van der Waals surface area contributed by atoms with Gasteiger partial charge in [0.2, 0.25) is 10.0 Å². The summed E-state index contributed by atoms with van der Waals surface area (Å²) in [5, 5.41) is 55.6. The summed E-state index contributed by atoms with van der Waals surface area (Å²) in [6.45, 7) is 19.6. The molecule has 7 aromatic rings. The van der Waals surface area contributed by atoms with E-state index in [0.29, 0.717) is 109 Å². The minimum absolute atomic E-state index is 0.0756. The molecule has 10 heterocycles. The second-order valence-electron chi connectivity index (χ2n) is 26.5. The topological polar surface area (TPSA) is 430 Å². The summed E-state index contributed by atoms with van der Waals surface area (Å²) < 4.78 is 135. The number of Topliss-reactive ketones (excluding diaryl/α,β-unsaturated/α-hetero) is 1. The summed E-state index contributed by atoms with van der Waals surface area (Å²) >= 11 is 0. The number of hydrogen-bond acceptors (Lipinski definition) is 24. The van der Waals surface area contributed by atoms with Gasteiger partial charge in [0.05, 0.1) is 58.6 Å². The molecule has 32 nitrogen and oxygen atoms in total. The Morgan fingerprint density at radius 1 is 0.586 bits per heavy atom. The van der Waals surface area contributed by atoms with E-state index in [1.165, 1.54) is 69.0 Å². The molecule has 0 bridgehead atoms. The number of ether oxygens (including phenoxy) is 3. The number of aliphatic carboxylic acids is 2. The molecular weight excluding hydrogens is 1540 g/mol. The molecule has 612 valence electrons. The van der Waals surface area contributed by atoms with Crippen LogP contribution in [0.2, 0.25) is 0 Å². The third-order valence-electron chi connectivity index (χ3n) is 18.2. The minimum atomic E-state index is -5.08. The van der Waals surface area contributed by atoms with Crippen molar-refractivity contribution in [2.45, 2.75) is 113 Å². The van der Waals surface area contributed by atoms with E-state index < -0.39 is 49.5 Å². The van der Waals surface area contributed by atoms with Crippen molar-refractivity contribution in [1.29, 1.82) is 0 Å². The number of nitrogens with one attached hydrogen (secondary N) is 4. The largest absolute Gasteiger partial charge is 0.493 e. The van der Waals surface area contributed by atoms with E-state index in [-0.39, 0.29) is 70.7 Å². The van der Waals surface area contributed by atoms with Crippen LogP contribution in [0, 0.1) is 17.8 Å². The van der Waals surface area contributed by atoms with E-state index in [4.69, 9.17) is 65.0 Å². The molecule has 0 spiro atoms. The highest BCUT2D eigenvalue weighted by Gasteiger charge is 2.44. The number of rotatable bonds is 23. The number of H-pyrrole nitrogens is 2. The normalized spacial score (nSPS) is 16.4. The predicted octanol–water partition coefficient (Wildman–Crippen LogP) is 5.30. The van der Waals surface area contributed by atoms with Gasteiger partial charge in [0.25, 0.3) is 20.2 Å². The molecule has 4 aromatic heterocycles. The number of aryl methyl sites for hydroxylation is 4. The maximum absolute atomic E-state index is 13.5. The van der Waals surface area contributed by atoms with Crippen LogP contribution in [0.25, 0.3) is 44.8 Å². The molecule has 1 amide bonds. The van der Waals surface area contributed by atoms with Crippen molar-refractivity contribution in [3.8, 4) is 34.3 Å². The zero-order chi connectivity index (χ0) is 81.7. The highest BCUT2D eigenvalue weighted by atomic mass is 35.7. The van der Waals surface area contributed by atoms with Crippen molar-refractivity contribution >= 4 is 75.6 Å². The van der Waals surface area contributed by atoms with Gasteiger partial charge in [0.1, 0.15) is 40.8 Å². The number of sulfonamides is 1. The number of likely N-dealkylation sites (tertiary alicyclic amines) is 3. The first-order chi connectivity index (χ1) is 52.5. The maximum atomic E-state index is 13.5. The molecular formula is C70H93ClF6N14O18S2. The van der Waals surface area contributed by atoms with Crippen LogP contribution in [0.15, 0.2) is 86.1 Å². The number of carbonyl (C=O) groups is 4. The van der Waals surface area contributed by atoms with E-state index in [9.17, 15) is 62.4 Å². The van der Waals surface area contributed by atoms with Crippen LogP contribution < -0.4 is 31.2 Å². The van der Waals surface area contributed by atoms with E-state index in [1.807, 2.05) is 51.1 Å². The maximum Gasteiger partial charge on any atom is 0.490 e. The van der Waals surface area contributed by atoms with Gasteiger partial charge in [-0.3, -0.25) is 38.4 Å². The van der Waals surface area contributed by atoms with Crippen molar-refractivity contribution in [3.63, 3.8) is 0 Å². The number of nitrogens with zero attached hydrogens (tertiary/aromatic N) is 10. The number of fused-ring (bicyclic) bond motifs is 2. The lowest BCUT2D eigenvalue weighted by atomic mass is 9.93. The molecule has 6 fully saturated rings. The lowest BCUT2D eigenvalue weighted by Gasteiger charge is -2.51.